The van der Waals surface area contributed by atoms with Gasteiger partial charge in [-0.2, -0.15) is 0 Å². The van der Waals surface area contributed by atoms with Crippen LogP contribution in [0, 0.1) is 5.41 Å². The Morgan fingerprint density at radius 3 is 2.20 bits per heavy atom. The van der Waals surface area contributed by atoms with Gasteiger partial charge in [0, 0.05) is 0 Å². The van der Waals surface area contributed by atoms with Crippen LogP contribution in [0.5, 0.6) is 0 Å². The van der Waals surface area contributed by atoms with Gasteiger partial charge in [0.1, 0.15) is 5.41 Å². The molecule has 1 aromatic rings. The van der Waals surface area contributed by atoms with E-state index in [9.17, 15) is 14.4 Å². The van der Waals surface area contributed by atoms with E-state index in [0.29, 0.717) is 11.5 Å². The number of nitrogens with zero attached hydrogens (tertiary/aromatic N) is 1. The van der Waals surface area contributed by atoms with E-state index < -0.39 is 23.2 Å². The van der Waals surface area contributed by atoms with Crippen molar-refractivity contribution in [1.29, 1.82) is 0 Å². The number of imide groups is 1. The summed E-state index contributed by atoms with van der Waals surface area (Å²) in [5.74, 6) is -1.81. The lowest BCUT2D eigenvalue weighted by Gasteiger charge is -2.38. The third-order valence-electron chi connectivity index (χ3n) is 3.80. The lowest BCUT2D eigenvalue weighted by atomic mass is 9.83. The van der Waals surface area contributed by atoms with Gasteiger partial charge in [-0.1, -0.05) is 24.1 Å². The van der Waals surface area contributed by atoms with Gasteiger partial charge in [0.25, 0.3) is 11.8 Å². The second-order valence-electron chi connectivity index (χ2n) is 4.96. The molecule has 1 aromatic carbocycles. The molecule has 3 rings (SSSR count). The van der Waals surface area contributed by atoms with E-state index in [1.54, 1.807) is 12.1 Å². The third-order valence-corrected chi connectivity index (χ3v) is 3.80. The number of benzene rings is 1. The molecule has 6 heteroatoms. The van der Waals surface area contributed by atoms with E-state index in [2.05, 4.69) is 0 Å². The smallest absolute Gasteiger partial charge is 0.343 e. The lowest BCUT2D eigenvalue weighted by molar-refractivity contribution is -0.208. The van der Waals surface area contributed by atoms with Crippen molar-refractivity contribution in [3.8, 4) is 0 Å². The summed E-state index contributed by atoms with van der Waals surface area (Å²) < 4.78 is 5.04. The summed E-state index contributed by atoms with van der Waals surface area (Å²) in [4.78, 5) is 41.3. The first kappa shape index (κ1) is 12.8. The number of hydroxylamine groups is 2. The SMILES string of the molecule is CCC1(C(=O)ON2C(=O)c3ccccc3C2=O)COC1. The molecule has 6 nitrogen and oxygen atoms in total. The van der Waals surface area contributed by atoms with E-state index >= 15 is 0 Å². The number of hydrogen-bond acceptors (Lipinski definition) is 5. The molecule has 0 bridgehead atoms. The maximum absolute atomic E-state index is 12.1. The van der Waals surface area contributed by atoms with Gasteiger partial charge in [-0.25, -0.2) is 4.79 Å². The molecule has 0 aromatic heterocycles. The second-order valence-corrected chi connectivity index (χ2v) is 4.96. The average molecular weight is 275 g/mol. The predicted octanol–water partition coefficient (Wildman–Crippen LogP) is 1.17. The summed E-state index contributed by atoms with van der Waals surface area (Å²) in [5, 5.41) is 0.544. The Bertz CT molecular complexity index is 565. The summed E-state index contributed by atoms with van der Waals surface area (Å²) in [5.41, 5.74) is -0.239. The molecule has 104 valence electrons. The van der Waals surface area contributed by atoms with Gasteiger partial charge in [0.05, 0.1) is 24.3 Å². The van der Waals surface area contributed by atoms with Crippen LogP contribution in [0.25, 0.3) is 0 Å². The Balaban J connectivity index is 1.82. The highest BCUT2D eigenvalue weighted by Crippen LogP contribution is 2.34. The van der Waals surface area contributed by atoms with Gasteiger partial charge in [-0.05, 0) is 18.6 Å². The van der Waals surface area contributed by atoms with Crippen molar-refractivity contribution in [2.75, 3.05) is 13.2 Å². The minimum atomic E-state index is -0.741. The van der Waals surface area contributed by atoms with E-state index in [0.717, 1.165) is 0 Å². The molecule has 2 amide bonds. The van der Waals surface area contributed by atoms with Crippen molar-refractivity contribution >= 4 is 17.8 Å². The topological polar surface area (TPSA) is 72.9 Å². The van der Waals surface area contributed by atoms with Crippen LogP contribution >= 0.6 is 0 Å². The van der Waals surface area contributed by atoms with Gasteiger partial charge in [-0.15, -0.1) is 0 Å². The van der Waals surface area contributed by atoms with Crippen molar-refractivity contribution in [3.63, 3.8) is 0 Å². The molecule has 2 aliphatic rings. The zero-order valence-electron chi connectivity index (χ0n) is 10.9. The summed E-state index contributed by atoms with van der Waals surface area (Å²) in [6.07, 6.45) is 0.537. The van der Waals surface area contributed by atoms with Crippen molar-refractivity contribution < 1.29 is 24.0 Å². The molecule has 0 saturated carbocycles. The van der Waals surface area contributed by atoms with Crippen LogP contribution in [0.2, 0.25) is 0 Å². The monoisotopic (exact) mass is 275 g/mol. The zero-order valence-corrected chi connectivity index (χ0v) is 10.9. The minimum Gasteiger partial charge on any atom is -0.379 e. The highest BCUT2D eigenvalue weighted by molar-refractivity contribution is 6.20. The molecule has 0 aliphatic carbocycles. The highest BCUT2D eigenvalue weighted by atomic mass is 16.7. The van der Waals surface area contributed by atoms with Crippen LogP contribution in [0.4, 0.5) is 0 Å². The van der Waals surface area contributed by atoms with E-state index in [-0.39, 0.29) is 24.3 Å². The Kier molecular flexibility index (Phi) is 2.83. The summed E-state index contributed by atoms with van der Waals surface area (Å²) in [6, 6.07) is 6.38. The standard InChI is InChI=1S/C14H13NO5/c1-2-14(7-19-8-14)13(18)20-15-11(16)9-5-3-4-6-10(9)12(15)17/h3-6H,2,7-8H2,1H3. The Hall–Kier alpha value is -2.21. The molecule has 0 radical (unpaired) electrons. The van der Waals surface area contributed by atoms with Gasteiger partial charge >= 0.3 is 5.97 Å². The predicted molar refractivity (Wildman–Crippen MR) is 66.6 cm³/mol. The van der Waals surface area contributed by atoms with Crippen molar-refractivity contribution in [2.24, 2.45) is 5.41 Å². The highest BCUT2D eigenvalue weighted by Gasteiger charge is 2.49. The third kappa shape index (κ3) is 1.65. The maximum Gasteiger partial charge on any atom is 0.343 e. The van der Waals surface area contributed by atoms with Crippen LogP contribution < -0.4 is 0 Å². The van der Waals surface area contributed by atoms with Crippen LogP contribution in [0.15, 0.2) is 24.3 Å². The molecule has 0 spiro atoms. The Labute approximate surface area is 115 Å². The Morgan fingerprint density at radius 1 is 1.25 bits per heavy atom. The fraction of sp³-hybridized carbons (Fsp3) is 0.357. The van der Waals surface area contributed by atoms with Crippen LogP contribution in [-0.4, -0.2) is 36.1 Å². The van der Waals surface area contributed by atoms with Crippen LogP contribution in [0.1, 0.15) is 34.1 Å². The summed E-state index contributed by atoms with van der Waals surface area (Å²) >= 11 is 0. The first-order chi connectivity index (χ1) is 9.59. The van der Waals surface area contributed by atoms with Crippen molar-refractivity contribution in [1.82, 2.24) is 5.06 Å². The molecule has 2 aliphatic heterocycles. The van der Waals surface area contributed by atoms with Gasteiger partial charge in [0.15, 0.2) is 0 Å². The molecule has 20 heavy (non-hydrogen) atoms. The van der Waals surface area contributed by atoms with Crippen molar-refractivity contribution in [3.05, 3.63) is 35.4 Å². The first-order valence-corrected chi connectivity index (χ1v) is 6.37. The fourth-order valence-corrected chi connectivity index (χ4v) is 2.24. The number of carbonyl (C=O) groups is 3. The molecular formula is C14H13NO5. The average Bonchev–Trinajstić information content (AvgIpc) is 2.64. The molecular weight excluding hydrogens is 262 g/mol. The maximum atomic E-state index is 12.1. The number of ether oxygens (including phenoxy) is 1. The van der Waals surface area contributed by atoms with E-state index in [1.807, 2.05) is 6.92 Å². The number of hydrogen-bond donors (Lipinski definition) is 0. The number of amides is 2. The van der Waals surface area contributed by atoms with Gasteiger partial charge < -0.3 is 9.57 Å². The number of fused-ring (bicyclic) bond motifs is 1. The molecule has 0 atom stereocenters. The first-order valence-electron chi connectivity index (χ1n) is 6.37. The zero-order chi connectivity index (χ0) is 14.3. The molecule has 2 heterocycles. The minimum absolute atomic E-state index is 0.251. The number of rotatable bonds is 3. The molecule has 1 saturated heterocycles. The van der Waals surface area contributed by atoms with E-state index in [1.165, 1.54) is 12.1 Å². The molecule has 0 N–H and O–H groups in total. The van der Waals surface area contributed by atoms with Crippen molar-refractivity contribution in [2.45, 2.75) is 13.3 Å². The lowest BCUT2D eigenvalue weighted by Crippen LogP contribution is -2.51. The van der Waals surface area contributed by atoms with Crippen LogP contribution in [-0.2, 0) is 14.4 Å². The Morgan fingerprint density at radius 2 is 1.80 bits per heavy atom. The quantitative estimate of drug-likeness (QED) is 0.774. The van der Waals surface area contributed by atoms with E-state index in [4.69, 9.17) is 9.57 Å². The normalized spacial score (nSPS) is 19.6. The summed E-state index contributed by atoms with van der Waals surface area (Å²) in [6.45, 7) is 2.35. The largest absolute Gasteiger partial charge is 0.379 e. The fourth-order valence-electron chi connectivity index (χ4n) is 2.24. The van der Waals surface area contributed by atoms with Gasteiger partial charge in [0.2, 0.25) is 0 Å². The summed E-state index contributed by atoms with van der Waals surface area (Å²) in [7, 11) is 0. The molecule has 0 unspecified atom stereocenters. The van der Waals surface area contributed by atoms with Gasteiger partial charge in [-0.3, -0.25) is 9.59 Å². The van der Waals surface area contributed by atoms with Crippen LogP contribution in [0.3, 0.4) is 0 Å². The number of carbonyl (C=O) groups excluding carboxylic acids is 3. The molecule has 1 fully saturated rings. The second kappa shape index (κ2) is 4.42.